The van der Waals surface area contributed by atoms with Gasteiger partial charge in [0.1, 0.15) is 11.4 Å². The molecule has 0 aliphatic heterocycles. The maximum Gasteiger partial charge on any atom is 0.270 e. The van der Waals surface area contributed by atoms with Gasteiger partial charge in [-0.3, -0.25) is 9.78 Å². The second-order valence-corrected chi connectivity index (χ2v) is 8.28. The molecule has 0 fully saturated rings. The SMILES string of the molecule is CCCCCCCCCCCCCCOc1ccc(CNC(=O)c2ccccn2)cc1. The zero-order chi connectivity index (χ0) is 22.0. The highest BCUT2D eigenvalue weighted by Crippen LogP contribution is 2.14. The summed E-state index contributed by atoms with van der Waals surface area (Å²) < 4.78 is 5.85. The van der Waals surface area contributed by atoms with Gasteiger partial charge in [-0.2, -0.15) is 0 Å². The summed E-state index contributed by atoms with van der Waals surface area (Å²) in [6, 6.07) is 13.3. The Bertz CT molecular complexity index is 701. The summed E-state index contributed by atoms with van der Waals surface area (Å²) in [5, 5.41) is 2.89. The molecule has 4 heteroatoms. The summed E-state index contributed by atoms with van der Waals surface area (Å²) >= 11 is 0. The number of hydrogen-bond donors (Lipinski definition) is 1. The van der Waals surface area contributed by atoms with Gasteiger partial charge in [-0.05, 0) is 36.2 Å². The van der Waals surface area contributed by atoms with E-state index in [1.807, 2.05) is 30.3 Å². The molecule has 0 aliphatic carbocycles. The molecule has 0 saturated carbocycles. The monoisotopic (exact) mass is 424 g/mol. The average molecular weight is 425 g/mol. The molecule has 2 rings (SSSR count). The molecule has 1 aromatic heterocycles. The van der Waals surface area contributed by atoms with Crippen LogP contribution < -0.4 is 10.1 Å². The van der Waals surface area contributed by atoms with E-state index in [9.17, 15) is 4.79 Å². The van der Waals surface area contributed by atoms with Crippen LogP contribution in [-0.2, 0) is 6.54 Å². The molecule has 170 valence electrons. The summed E-state index contributed by atoms with van der Waals surface area (Å²) in [5.41, 5.74) is 1.48. The molecule has 2 aromatic rings. The molecule has 0 spiro atoms. The fourth-order valence-corrected chi connectivity index (χ4v) is 3.61. The van der Waals surface area contributed by atoms with E-state index in [4.69, 9.17) is 4.74 Å². The number of aromatic nitrogens is 1. The fourth-order valence-electron chi connectivity index (χ4n) is 3.61. The van der Waals surface area contributed by atoms with E-state index in [2.05, 4.69) is 17.2 Å². The quantitative estimate of drug-likeness (QED) is 0.276. The maximum atomic E-state index is 12.0. The normalized spacial score (nSPS) is 10.7. The van der Waals surface area contributed by atoms with Crippen molar-refractivity contribution < 1.29 is 9.53 Å². The molecular weight excluding hydrogens is 384 g/mol. The second kappa shape index (κ2) is 16.3. The lowest BCUT2D eigenvalue weighted by Crippen LogP contribution is -2.23. The highest BCUT2D eigenvalue weighted by atomic mass is 16.5. The molecule has 1 N–H and O–H groups in total. The van der Waals surface area contributed by atoms with Crippen molar-refractivity contribution in [3.8, 4) is 5.75 Å². The van der Waals surface area contributed by atoms with Gasteiger partial charge in [0.25, 0.3) is 5.91 Å². The minimum absolute atomic E-state index is 0.159. The van der Waals surface area contributed by atoms with Gasteiger partial charge in [0.15, 0.2) is 0 Å². The Balaban J connectivity index is 1.46. The molecule has 1 heterocycles. The Morgan fingerprint density at radius 1 is 0.806 bits per heavy atom. The Morgan fingerprint density at radius 2 is 1.42 bits per heavy atom. The number of unbranched alkanes of at least 4 members (excludes halogenated alkanes) is 11. The Hall–Kier alpha value is -2.36. The number of carbonyl (C=O) groups is 1. The second-order valence-electron chi connectivity index (χ2n) is 8.28. The number of amides is 1. The zero-order valence-corrected chi connectivity index (χ0v) is 19.3. The van der Waals surface area contributed by atoms with E-state index in [0.717, 1.165) is 24.3 Å². The van der Waals surface area contributed by atoms with Crippen LogP contribution >= 0.6 is 0 Å². The number of pyridine rings is 1. The van der Waals surface area contributed by atoms with Crippen LogP contribution in [-0.4, -0.2) is 17.5 Å². The first-order valence-electron chi connectivity index (χ1n) is 12.2. The van der Waals surface area contributed by atoms with Crippen molar-refractivity contribution in [2.45, 2.75) is 90.5 Å². The molecule has 31 heavy (non-hydrogen) atoms. The van der Waals surface area contributed by atoms with Crippen molar-refractivity contribution >= 4 is 5.91 Å². The zero-order valence-electron chi connectivity index (χ0n) is 19.3. The van der Waals surface area contributed by atoms with Gasteiger partial charge in [-0.1, -0.05) is 95.8 Å². The van der Waals surface area contributed by atoms with E-state index in [1.165, 1.54) is 70.6 Å². The van der Waals surface area contributed by atoms with Crippen molar-refractivity contribution in [2.75, 3.05) is 6.61 Å². The highest BCUT2D eigenvalue weighted by molar-refractivity contribution is 5.92. The Kier molecular flexibility index (Phi) is 13.1. The van der Waals surface area contributed by atoms with Crippen molar-refractivity contribution in [3.63, 3.8) is 0 Å². The molecular formula is C27H40N2O2. The molecule has 0 bridgehead atoms. The smallest absolute Gasteiger partial charge is 0.270 e. The molecule has 0 saturated heterocycles. The molecule has 0 unspecified atom stereocenters. The minimum Gasteiger partial charge on any atom is -0.494 e. The van der Waals surface area contributed by atoms with Crippen LogP contribution in [0.4, 0.5) is 0 Å². The third kappa shape index (κ3) is 11.6. The van der Waals surface area contributed by atoms with Gasteiger partial charge in [0.05, 0.1) is 6.61 Å². The number of nitrogens with one attached hydrogen (secondary N) is 1. The lowest BCUT2D eigenvalue weighted by molar-refractivity contribution is 0.0946. The van der Waals surface area contributed by atoms with E-state index in [1.54, 1.807) is 18.3 Å². The van der Waals surface area contributed by atoms with Crippen LogP contribution in [0, 0.1) is 0 Å². The highest BCUT2D eigenvalue weighted by Gasteiger charge is 2.05. The summed E-state index contributed by atoms with van der Waals surface area (Å²) in [6.07, 6.45) is 17.8. The third-order valence-electron chi connectivity index (χ3n) is 5.54. The van der Waals surface area contributed by atoms with Gasteiger partial charge < -0.3 is 10.1 Å². The summed E-state index contributed by atoms with van der Waals surface area (Å²) in [7, 11) is 0. The van der Waals surface area contributed by atoms with Crippen molar-refractivity contribution in [3.05, 3.63) is 59.9 Å². The number of ether oxygens (including phenoxy) is 1. The molecule has 0 aliphatic rings. The first-order chi connectivity index (χ1) is 15.3. The summed E-state index contributed by atoms with van der Waals surface area (Å²) in [5.74, 6) is 0.732. The predicted molar refractivity (Wildman–Crippen MR) is 128 cm³/mol. The number of nitrogens with zero attached hydrogens (tertiary/aromatic N) is 1. The van der Waals surface area contributed by atoms with Crippen molar-refractivity contribution in [1.82, 2.24) is 10.3 Å². The summed E-state index contributed by atoms with van der Waals surface area (Å²) in [6.45, 7) is 3.53. The number of hydrogen-bond acceptors (Lipinski definition) is 3. The molecule has 0 radical (unpaired) electrons. The van der Waals surface area contributed by atoms with Crippen molar-refractivity contribution in [2.24, 2.45) is 0 Å². The van der Waals surface area contributed by atoms with E-state index >= 15 is 0 Å². The predicted octanol–water partition coefficient (Wildman–Crippen LogP) is 7.09. The Labute approximate surface area is 188 Å². The van der Waals surface area contributed by atoms with E-state index in [-0.39, 0.29) is 5.91 Å². The fraction of sp³-hybridized carbons (Fsp3) is 0.556. The number of carbonyl (C=O) groups excluding carboxylic acids is 1. The maximum absolute atomic E-state index is 12.0. The minimum atomic E-state index is -0.159. The van der Waals surface area contributed by atoms with Crippen LogP contribution in [0.2, 0.25) is 0 Å². The van der Waals surface area contributed by atoms with Crippen LogP contribution in [0.15, 0.2) is 48.7 Å². The van der Waals surface area contributed by atoms with Crippen LogP contribution in [0.3, 0.4) is 0 Å². The first-order valence-corrected chi connectivity index (χ1v) is 12.2. The van der Waals surface area contributed by atoms with E-state index in [0.29, 0.717) is 12.2 Å². The van der Waals surface area contributed by atoms with Gasteiger partial charge in [-0.15, -0.1) is 0 Å². The van der Waals surface area contributed by atoms with E-state index < -0.39 is 0 Å². The van der Waals surface area contributed by atoms with Gasteiger partial charge in [-0.25, -0.2) is 0 Å². The summed E-state index contributed by atoms with van der Waals surface area (Å²) in [4.78, 5) is 16.1. The third-order valence-corrected chi connectivity index (χ3v) is 5.54. The number of rotatable bonds is 17. The lowest BCUT2D eigenvalue weighted by atomic mass is 10.1. The Morgan fingerprint density at radius 3 is 2.00 bits per heavy atom. The average Bonchev–Trinajstić information content (AvgIpc) is 2.82. The molecule has 1 aromatic carbocycles. The van der Waals surface area contributed by atoms with Gasteiger partial charge >= 0.3 is 0 Å². The van der Waals surface area contributed by atoms with Crippen LogP contribution in [0.25, 0.3) is 0 Å². The van der Waals surface area contributed by atoms with Crippen LogP contribution in [0.1, 0.15) is 100 Å². The molecule has 1 amide bonds. The number of benzene rings is 1. The van der Waals surface area contributed by atoms with Gasteiger partial charge in [0.2, 0.25) is 0 Å². The largest absolute Gasteiger partial charge is 0.494 e. The molecule has 0 atom stereocenters. The standard InChI is InChI=1S/C27H40N2O2/c1-2-3-4-5-6-7-8-9-10-11-12-15-22-31-25-19-17-24(18-20-25)23-29-27(30)26-16-13-14-21-28-26/h13-14,16-21H,2-12,15,22-23H2,1H3,(H,29,30). The van der Waals surface area contributed by atoms with Gasteiger partial charge in [0, 0.05) is 12.7 Å². The topological polar surface area (TPSA) is 51.2 Å². The molecule has 4 nitrogen and oxygen atoms in total. The van der Waals surface area contributed by atoms with Crippen LogP contribution in [0.5, 0.6) is 5.75 Å². The first kappa shape index (κ1) is 24.9. The van der Waals surface area contributed by atoms with Crippen molar-refractivity contribution in [1.29, 1.82) is 0 Å². The lowest BCUT2D eigenvalue weighted by Gasteiger charge is -2.08.